The van der Waals surface area contributed by atoms with E-state index in [0.29, 0.717) is 0 Å². The van der Waals surface area contributed by atoms with Crippen molar-refractivity contribution in [3.05, 3.63) is 27.8 Å². The summed E-state index contributed by atoms with van der Waals surface area (Å²) >= 11 is 2.42. The first-order chi connectivity index (χ1) is 9.52. The zero-order valence-electron chi connectivity index (χ0n) is 11.5. The first-order valence-electron chi connectivity index (χ1n) is 6.82. The summed E-state index contributed by atoms with van der Waals surface area (Å²) in [7, 11) is 0. The Morgan fingerprint density at radius 3 is 2.65 bits per heavy atom. The van der Waals surface area contributed by atoms with Crippen LogP contribution in [-0.4, -0.2) is 27.5 Å². The molecule has 1 fully saturated rings. The Kier molecular flexibility index (Phi) is 5.06. The normalized spacial score (nSPS) is 16.4. The van der Waals surface area contributed by atoms with E-state index in [0.717, 1.165) is 43.1 Å². The van der Waals surface area contributed by atoms with Crippen LogP contribution in [-0.2, 0) is 0 Å². The lowest BCUT2D eigenvalue weighted by Crippen LogP contribution is -2.34. The zero-order valence-corrected chi connectivity index (χ0v) is 13.7. The first-order valence-corrected chi connectivity index (χ1v) is 8.34. The van der Waals surface area contributed by atoms with Crippen molar-refractivity contribution in [1.82, 2.24) is 0 Å². The van der Waals surface area contributed by atoms with Crippen LogP contribution < -0.4 is 4.90 Å². The Morgan fingerprint density at radius 2 is 2.10 bits per heavy atom. The lowest BCUT2D eigenvalue weighted by atomic mass is 9.93. The van der Waals surface area contributed by atoms with Gasteiger partial charge in [0.05, 0.1) is 4.92 Å². The summed E-state index contributed by atoms with van der Waals surface area (Å²) in [6.45, 7) is 3.78. The maximum atomic E-state index is 10.8. The van der Waals surface area contributed by atoms with Gasteiger partial charge in [0.1, 0.15) is 0 Å². The van der Waals surface area contributed by atoms with Gasteiger partial charge in [-0.25, -0.2) is 0 Å². The molecule has 1 aliphatic heterocycles. The van der Waals surface area contributed by atoms with E-state index >= 15 is 0 Å². The summed E-state index contributed by atoms with van der Waals surface area (Å²) in [6.07, 6.45) is 3.57. The van der Waals surface area contributed by atoms with E-state index in [9.17, 15) is 15.2 Å². The molecule has 5 nitrogen and oxygen atoms in total. The van der Waals surface area contributed by atoms with E-state index in [1.165, 1.54) is 23.0 Å². The number of phenolic OH excluding ortho intramolecular Hbond substituents is 1. The predicted molar refractivity (Wildman–Crippen MR) is 87.9 cm³/mol. The van der Waals surface area contributed by atoms with Gasteiger partial charge in [-0.05, 0) is 42.1 Å². The fraction of sp³-hybridized carbons (Fsp3) is 0.571. The van der Waals surface area contributed by atoms with Gasteiger partial charge in [0.2, 0.25) is 0 Å². The molecule has 110 valence electrons. The van der Waals surface area contributed by atoms with Crippen LogP contribution in [0.1, 0.15) is 24.8 Å². The molecule has 0 amide bonds. The van der Waals surface area contributed by atoms with Crippen LogP contribution in [0.5, 0.6) is 5.75 Å². The van der Waals surface area contributed by atoms with E-state index < -0.39 is 4.92 Å². The second-order valence-corrected chi connectivity index (χ2v) is 6.37. The average molecular weight is 390 g/mol. The molecule has 20 heavy (non-hydrogen) atoms. The number of phenols is 1. The molecular formula is C14H19IN2O3. The number of rotatable bonds is 4. The number of anilines is 1. The Balaban J connectivity index is 2.14. The third kappa shape index (κ3) is 3.34. The van der Waals surface area contributed by atoms with Crippen LogP contribution in [0.2, 0.25) is 0 Å². The molecule has 1 N–H and O–H groups in total. The van der Waals surface area contributed by atoms with Crippen LogP contribution in [0, 0.1) is 23.0 Å². The smallest absolute Gasteiger partial charge is 0.311 e. The molecule has 2 rings (SSSR count). The van der Waals surface area contributed by atoms with Gasteiger partial charge in [0, 0.05) is 30.9 Å². The molecule has 0 spiro atoms. The Hall–Kier alpha value is -1.05. The van der Waals surface area contributed by atoms with Crippen molar-refractivity contribution in [1.29, 1.82) is 0 Å². The second kappa shape index (κ2) is 6.60. The number of nitro groups is 1. The van der Waals surface area contributed by atoms with E-state index in [1.807, 2.05) is 6.92 Å². The summed E-state index contributed by atoms with van der Waals surface area (Å²) < 4.78 is 1.19. The van der Waals surface area contributed by atoms with E-state index in [-0.39, 0.29) is 11.4 Å². The lowest BCUT2D eigenvalue weighted by Gasteiger charge is -2.34. The Morgan fingerprint density at radius 1 is 1.45 bits per heavy atom. The Labute approximate surface area is 132 Å². The molecule has 1 aromatic carbocycles. The highest BCUT2D eigenvalue weighted by Gasteiger charge is 2.23. The van der Waals surface area contributed by atoms with Gasteiger partial charge in [-0.2, -0.15) is 0 Å². The summed E-state index contributed by atoms with van der Waals surface area (Å²) in [6, 6.07) is 2.99. The molecule has 1 aliphatic rings. The molecule has 1 saturated heterocycles. The first kappa shape index (κ1) is 15.3. The fourth-order valence-corrected chi connectivity index (χ4v) is 3.65. The van der Waals surface area contributed by atoms with Crippen LogP contribution in [0.3, 0.4) is 0 Å². The monoisotopic (exact) mass is 390 g/mol. The minimum Gasteiger partial charge on any atom is -0.502 e. The van der Waals surface area contributed by atoms with Gasteiger partial charge in [-0.15, -0.1) is 0 Å². The number of nitrogens with zero attached hydrogens (tertiary/aromatic N) is 2. The summed E-state index contributed by atoms with van der Waals surface area (Å²) in [4.78, 5) is 12.5. The quantitative estimate of drug-likeness (QED) is 0.369. The molecule has 6 heteroatoms. The van der Waals surface area contributed by atoms with Crippen molar-refractivity contribution in [3.63, 3.8) is 0 Å². The third-order valence-corrected chi connectivity index (χ3v) is 4.59. The number of halogens is 1. The van der Waals surface area contributed by atoms with Crippen molar-refractivity contribution < 1.29 is 10.0 Å². The minimum absolute atomic E-state index is 0.217. The van der Waals surface area contributed by atoms with Crippen molar-refractivity contribution in [3.8, 4) is 5.75 Å². The SMILES string of the molecule is Cc1cc([N+](=O)[O-])c(O)cc1N1CCC(CCI)CC1. The number of alkyl halides is 1. The zero-order chi connectivity index (χ0) is 14.7. The number of aryl methyl sites for hydroxylation is 1. The molecule has 1 aromatic rings. The molecule has 0 unspecified atom stereocenters. The molecule has 0 aromatic heterocycles. The van der Waals surface area contributed by atoms with Crippen LogP contribution in [0.25, 0.3) is 0 Å². The standard InChI is InChI=1S/C14H19IN2O3/c1-10-8-13(17(19)20)14(18)9-12(10)16-6-3-11(2-5-15)4-7-16/h8-9,11,18H,2-7H2,1H3. The highest BCUT2D eigenvalue weighted by molar-refractivity contribution is 14.1. The minimum atomic E-state index is -0.543. The van der Waals surface area contributed by atoms with Gasteiger partial charge >= 0.3 is 5.69 Å². The molecule has 0 radical (unpaired) electrons. The molecule has 0 saturated carbocycles. The van der Waals surface area contributed by atoms with Gasteiger partial charge in [-0.1, -0.05) is 22.6 Å². The van der Waals surface area contributed by atoms with Crippen molar-refractivity contribution in [2.75, 3.05) is 22.4 Å². The van der Waals surface area contributed by atoms with Crippen LogP contribution in [0.4, 0.5) is 11.4 Å². The molecule has 0 aliphatic carbocycles. The number of aromatic hydroxyl groups is 1. The second-order valence-electron chi connectivity index (χ2n) is 5.29. The molecular weight excluding hydrogens is 371 g/mol. The number of piperidine rings is 1. The summed E-state index contributed by atoms with van der Waals surface area (Å²) in [5.74, 6) is 0.542. The number of hydrogen-bond acceptors (Lipinski definition) is 4. The lowest BCUT2D eigenvalue weighted by molar-refractivity contribution is -0.385. The molecule has 0 atom stereocenters. The number of benzene rings is 1. The van der Waals surface area contributed by atoms with Gasteiger partial charge in [0.15, 0.2) is 5.75 Å². The number of hydrogen-bond donors (Lipinski definition) is 1. The topological polar surface area (TPSA) is 66.6 Å². The fourth-order valence-electron chi connectivity index (χ4n) is 2.77. The van der Waals surface area contributed by atoms with E-state index in [4.69, 9.17) is 0 Å². The largest absolute Gasteiger partial charge is 0.502 e. The predicted octanol–water partition coefficient (Wildman–Crippen LogP) is 3.65. The van der Waals surface area contributed by atoms with Crippen LogP contribution >= 0.6 is 22.6 Å². The maximum absolute atomic E-state index is 10.8. The van der Waals surface area contributed by atoms with E-state index in [2.05, 4.69) is 27.5 Å². The van der Waals surface area contributed by atoms with E-state index in [1.54, 1.807) is 0 Å². The van der Waals surface area contributed by atoms with Crippen LogP contribution in [0.15, 0.2) is 12.1 Å². The summed E-state index contributed by atoms with van der Waals surface area (Å²) in [5.41, 5.74) is 1.55. The van der Waals surface area contributed by atoms with Crippen molar-refractivity contribution in [2.24, 2.45) is 5.92 Å². The highest BCUT2D eigenvalue weighted by atomic mass is 127. The maximum Gasteiger partial charge on any atom is 0.311 e. The average Bonchev–Trinajstić information content (AvgIpc) is 2.42. The van der Waals surface area contributed by atoms with Crippen molar-refractivity contribution >= 4 is 34.0 Å². The Bertz CT molecular complexity index is 499. The van der Waals surface area contributed by atoms with Gasteiger partial charge in [0.25, 0.3) is 0 Å². The number of nitro benzene ring substituents is 1. The summed E-state index contributed by atoms with van der Waals surface area (Å²) in [5, 5.41) is 20.6. The highest BCUT2D eigenvalue weighted by Crippen LogP contribution is 2.35. The third-order valence-electron chi connectivity index (χ3n) is 3.96. The van der Waals surface area contributed by atoms with Crippen molar-refractivity contribution in [2.45, 2.75) is 26.2 Å². The van der Waals surface area contributed by atoms with Gasteiger partial charge < -0.3 is 10.0 Å². The van der Waals surface area contributed by atoms with Gasteiger partial charge in [-0.3, -0.25) is 10.1 Å². The molecule has 0 bridgehead atoms. The molecule has 1 heterocycles.